The molecule has 2 amide bonds. The fourth-order valence-corrected chi connectivity index (χ4v) is 3.69. The van der Waals surface area contributed by atoms with Crippen LogP contribution in [0.15, 0.2) is 36.7 Å². The van der Waals surface area contributed by atoms with Crippen molar-refractivity contribution >= 4 is 17.7 Å². The van der Waals surface area contributed by atoms with Crippen LogP contribution in [0.2, 0.25) is 0 Å². The number of anilines is 1. The number of carbonyl (C=O) groups is 2. The summed E-state index contributed by atoms with van der Waals surface area (Å²) < 4.78 is 18.8. The summed E-state index contributed by atoms with van der Waals surface area (Å²) in [6.07, 6.45) is 4.05. The number of hydrogen-bond acceptors (Lipinski definition) is 6. The third kappa shape index (κ3) is 5.10. The number of fused-ring (bicyclic) bond motifs is 1. The van der Waals surface area contributed by atoms with Crippen LogP contribution in [0.5, 0.6) is 11.5 Å². The van der Waals surface area contributed by atoms with Crippen LogP contribution < -0.4 is 14.8 Å². The molecule has 0 radical (unpaired) electrons. The van der Waals surface area contributed by atoms with Crippen molar-refractivity contribution in [1.29, 1.82) is 0 Å². The normalized spacial score (nSPS) is 20.4. The average molecular weight is 428 g/mol. The largest absolute Gasteiger partial charge is 0.486 e. The molecule has 0 unspecified atom stereocenters. The van der Waals surface area contributed by atoms with E-state index in [9.17, 15) is 9.59 Å². The van der Waals surface area contributed by atoms with Gasteiger partial charge in [0.25, 0.3) is 0 Å². The summed E-state index contributed by atoms with van der Waals surface area (Å²) in [6, 6.07) is 6.99. The highest BCUT2D eigenvalue weighted by molar-refractivity contribution is 5.96. The molecule has 2 aliphatic heterocycles. The van der Waals surface area contributed by atoms with Crippen molar-refractivity contribution in [2.45, 2.75) is 57.9 Å². The minimum atomic E-state index is -0.604. The molecule has 4 rings (SSSR count). The fraction of sp³-hybridized carbons (Fsp3) is 0.500. The second-order valence-electron chi connectivity index (χ2n) is 8.77. The Kier molecular flexibility index (Phi) is 5.75. The standard InChI is InChI=1S/C22H28N4O5/c1-22(2,3)31-21(28)26-10-6-7-17(26)20(27)24-15-11-23-25(12-15)13-16-14-29-18-8-4-5-9-19(18)30-16/h4-5,8-9,11-12,16-17H,6-7,10,13-14H2,1-3H3,(H,24,27)/t16-,17+/m1/s1. The summed E-state index contributed by atoms with van der Waals surface area (Å²) in [5, 5.41) is 7.17. The summed E-state index contributed by atoms with van der Waals surface area (Å²) in [7, 11) is 0. The van der Waals surface area contributed by atoms with Crippen LogP contribution in [-0.2, 0) is 16.1 Å². The number of benzene rings is 1. The Morgan fingerprint density at radius 2 is 2.03 bits per heavy atom. The van der Waals surface area contributed by atoms with E-state index in [1.807, 2.05) is 45.0 Å². The van der Waals surface area contributed by atoms with Crippen molar-refractivity contribution in [1.82, 2.24) is 14.7 Å². The van der Waals surface area contributed by atoms with Gasteiger partial charge in [-0.05, 0) is 45.7 Å². The number of amides is 2. The van der Waals surface area contributed by atoms with Crippen molar-refractivity contribution in [2.24, 2.45) is 0 Å². The second-order valence-corrected chi connectivity index (χ2v) is 8.77. The smallest absolute Gasteiger partial charge is 0.410 e. The van der Waals surface area contributed by atoms with Crippen molar-refractivity contribution in [3.63, 3.8) is 0 Å². The van der Waals surface area contributed by atoms with Gasteiger partial charge in [-0.1, -0.05) is 12.1 Å². The zero-order valence-electron chi connectivity index (χ0n) is 18.0. The maximum absolute atomic E-state index is 12.8. The van der Waals surface area contributed by atoms with E-state index in [2.05, 4.69) is 10.4 Å². The maximum Gasteiger partial charge on any atom is 0.410 e. The highest BCUT2D eigenvalue weighted by Gasteiger charge is 2.36. The van der Waals surface area contributed by atoms with Gasteiger partial charge in [-0.25, -0.2) is 4.79 Å². The van der Waals surface area contributed by atoms with E-state index in [-0.39, 0.29) is 12.0 Å². The Bertz CT molecular complexity index is 951. The van der Waals surface area contributed by atoms with Gasteiger partial charge in [-0.3, -0.25) is 14.4 Å². The van der Waals surface area contributed by atoms with Crippen LogP contribution in [-0.4, -0.2) is 57.6 Å². The van der Waals surface area contributed by atoms with Crippen molar-refractivity contribution < 1.29 is 23.8 Å². The molecule has 2 aliphatic rings. The molecule has 0 saturated carbocycles. The third-order valence-corrected chi connectivity index (χ3v) is 5.04. The predicted octanol–water partition coefficient (Wildman–Crippen LogP) is 3.06. The van der Waals surface area contributed by atoms with Crippen LogP contribution >= 0.6 is 0 Å². The Labute approximate surface area is 181 Å². The SMILES string of the molecule is CC(C)(C)OC(=O)N1CCC[C@H]1C(=O)Nc1cnn(C[C@@H]2COc3ccccc3O2)c1. The van der Waals surface area contributed by atoms with Gasteiger partial charge in [-0.15, -0.1) is 0 Å². The molecular weight excluding hydrogens is 400 g/mol. The molecule has 9 nitrogen and oxygen atoms in total. The molecule has 3 heterocycles. The summed E-state index contributed by atoms with van der Waals surface area (Å²) in [4.78, 5) is 26.7. The molecule has 2 atom stereocenters. The lowest BCUT2D eigenvalue weighted by atomic mass is 10.2. The van der Waals surface area contributed by atoms with Gasteiger partial charge in [0.2, 0.25) is 5.91 Å². The summed E-state index contributed by atoms with van der Waals surface area (Å²) in [6.45, 7) is 6.84. The number of aromatic nitrogens is 2. The summed E-state index contributed by atoms with van der Waals surface area (Å²) in [5.41, 5.74) is -0.0362. The summed E-state index contributed by atoms with van der Waals surface area (Å²) in [5.74, 6) is 1.20. The van der Waals surface area contributed by atoms with Gasteiger partial charge < -0.3 is 19.5 Å². The van der Waals surface area contributed by atoms with Gasteiger partial charge in [0.05, 0.1) is 18.4 Å². The van der Waals surface area contributed by atoms with Gasteiger partial charge in [-0.2, -0.15) is 5.10 Å². The van der Waals surface area contributed by atoms with E-state index in [1.54, 1.807) is 17.1 Å². The van der Waals surface area contributed by atoms with Crippen LogP contribution in [0, 0.1) is 0 Å². The Balaban J connectivity index is 1.33. The highest BCUT2D eigenvalue weighted by Crippen LogP contribution is 2.31. The van der Waals surface area contributed by atoms with Gasteiger partial charge in [0.1, 0.15) is 18.2 Å². The van der Waals surface area contributed by atoms with E-state index in [0.29, 0.717) is 37.6 Å². The molecule has 0 bridgehead atoms. The van der Waals surface area contributed by atoms with Crippen molar-refractivity contribution in [3.05, 3.63) is 36.7 Å². The molecule has 166 valence electrons. The molecule has 1 N–H and O–H groups in total. The lowest BCUT2D eigenvalue weighted by Crippen LogP contribution is -2.45. The van der Waals surface area contributed by atoms with Gasteiger partial charge >= 0.3 is 6.09 Å². The maximum atomic E-state index is 12.8. The first-order valence-corrected chi connectivity index (χ1v) is 10.5. The molecule has 0 aliphatic carbocycles. The molecule has 1 fully saturated rings. The molecule has 0 spiro atoms. The van der Waals surface area contributed by atoms with Crippen LogP contribution in [0.25, 0.3) is 0 Å². The zero-order chi connectivity index (χ0) is 22.0. The molecule has 9 heteroatoms. The quantitative estimate of drug-likeness (QED) is 0.804. The van der Waals surface area contributed by atoms with Gasteiger partial charge in [0, 0.05) is 12.7 Å². The van der Waals surface area contributed by atoms with Crippen LogP contribution in [0.1, 0.15) is 33.6 Å². The van der Waals surface area contributed by atoms with E-state index in [0.717, 1.165) is 12.2 Å². The Morgan fingerprint density at radius 3 is 2.81 bits per heavy atom. The monoisotopic (exact) mass is 428 g/mol. The number of rotatable bonds is 4. The first-order valence-electron chi connectivity index (χ1n) is 10.5. The molecule has 1 aromatic heterocycles. The number of hydrogen-bond donors (Lipinski definition) is 1. The molecule has 2 aromatic rings. The van der Waals surface area contributed by atoms with E-state index in [4.69, 9.17) is 14.2 Å². The summed E-state index contributed by atoms with van der Waals surface area (Å²) >= 11 is 0. The second kappa shape index (κ2) is 8.49. The average Bonchev–Trinajstić information content (AvgIpc) is 3.36. The van der Waals surface area contributed by atoms with Crippen LogP contribution in [0.3, 0.4) is 0 Å². The highest BCUT2D eigenvalue weighted by atomic mass is 16.6. The minimum Gasteiger partial charge on any atom is -0.486 e. The first-order chi connectivity index (χ1) is 14.8. The molecule has 1 saturated heterocycles. The first kappa shape index (κ1) is 21.0. The van der Waals surface area contributed by atoms with Crippen molar-refractivity contribution in [2.75, 3.05) is 18.5 Å². The Hall–Kier alpha value is -3.23. The van der Waals surface area contributed by atoms with E-state index in [1.165, 1.54) is 4.90 Å². The molecule has 31 heavy (non-hydrogen) atoms. The number of likely N-dealkylation sites (tertiary alicyclic amines) is 1. The number of nitrogens with one attached hydrogen (secondary N) is 1. The zero-order valence-corrected chi connectivity index (χ0v) is 18.0. The molecule has 1 aromatic carbocycles. The Morgan fingerprint density at radius 1 is 1.26 bits per heavy atom. The number of ether oxygens (including phenoxy) is 3. The van der Waals surface area contributed by atoms with Crippen LogP contribution in [0.4, 0.5) is 10.5 Å². The number of nitrogens with zero attached hydrogens (tertiary/aromatic N) is 3. The third-order valence-electron chi connectivity index (χ3n) is 5.04. The van der Waals surface area contributed by atoms with Gasteiger partial charge in [0.15, 0.2) is 17.6 Å². The molecular formula is C22H28N4O5. The number of carbonyl (C=O) groups excluding carboxylic acids is 2. The topological polar surface area (TPSA) is 94.9 Å². The number of para-hydroxylation sites is 2. The lowest BCUT2D eigenvalue weighted by Gasteiger charge is -2.27. The van der Waals surface area contributed by atoms with E-state index < -0.39 is 17.7 Å². The fourth-order valence-electron chi connectivity index (χ4n) is 3.69. The minimum absolute atomic E-state index is 0.184. The predicted molar refractivity (Wildman–Crippen MR) is 113 cm³/mol. The lowest BCUT2D eigenvalue weighted by molar-refractivity contribution is -0.120. The van der Waals surface area contributed by atoms with Crippen molar-refractivity contribution in [3.8, 4) is 11.5 Å². The van der Waals surface area contributed by atoms with E-state index >= 15 is 0 Å².